The first-order valence-corrected chi connectivity index (χ1v) is 6.36. The number of halogens is 2. The predicted octanol–water partition coefficient (Wildman–Crippen LogP) is 1.05. The Bertz CT molecular complexity index is 780. The van der Waals surface area contributed by atoms with Crippen molar-refractivity contribution in [3.05, 3.63) is 39.1 Å². The summed E-state index contributed by atoms with van der Waals surface area (Å²) in [5, 5.41) is 2.53. The summed E-state index contributed by atoms with van der Waals surface area (Å²) in [5.74, 6) is 1.24. The van der Waals surface area contributed by atoms with E-state index in [1.54, 1.807) is 0 Å². The standard InChI is InChI=1S/C13H9BrFN3O2/c1-2-3-16-11(19)6-18-7-17-12-9(13(18)20)4-8(14)5-10(12)15/h1,4-5,7H,3,6H2,(H,16,19). The van der Waals surface area contributed by atoms with Crippen molar-refractivity contribution in [2.75, 3.05) is 6.54 Å². The van der Waals surface area contributed by atoms with Crippen LogP contribution in [0.5, 0.6) is 0 Å². The fraction of sp³-hybridized carbons (Fsp3) is 0.154. The lowest BCUT2D eigenvalue weighted by Gasteiger charge is -2.07. The minimum atomic E-state index is -0.601. The molecule has 0 saturated carbocycles. The largest absolute Gasteiger partial charge is 0.344 e. The highest BCUT2D eigenvalue weighted by atomic mass is 79.9. The molecule has 2 rings (SSSR count). The number of aromatic nitrogens is 2. The quantitative estimate of drug-likeness (QED) is 0.851. The Kier molecular flexibility index (Phi) is 4.15. The van der Waals surface area contributed by atoms with Gasteiger partial charge in [-0.2, -0.15) is 0 Å². The zero-order chi connectivity index (χ0) is 14.7. The molecule has 102 valence electrons. The number of benzene rings is 1. The summed E-state index contributed by atoms with van der Waals surface area (Å²) in [6.45, 7) is -0.146. The zero-order valence-corrected chi connectivity index (χ0v) is 11.8. The fourth-order valence-corrected chi connectivity index (χ4v) is 2.10. The van der Waals surface area contributed by atoms with E-state index in [0.717, 1.165) is 10.9 Å². The van der Waals surface area contributed by atoms with E-state index in [1.165, 1.54) is 12.1 Å². The highest BCUT2D eigenvalue weighted by Crippen LogP contribution is 2.18. The molecule has 1 N–H and O–H groups in total. The summed E-state index contributed by atoms with van der Waals surface area (Å²) in [4.78, 5) is 27.5. The molecule has 0 aliphatic rings. The van der Waals surface area contributed by atoms with E-state index in [0.29, 0.717) is 4.47 Å². The molecular weight excluding hydrogens is 329 g/mol. The van der Waals surface area contributed by atoms with E-state index in [4.69, 9.17) is 6.42 Å². The number of nitrogens with zero attached hydrogens (tertiary/aromatic N) is 2. The van der Waals surface area contributed by atoms with Gasteiger partial charge < -0.3 is 5.32 Å². The lowest BCUT2D eigenvalue weighted by atomic mass is 10.2. The van der Waals surface area contributed by atoms with Crippen molar-refractivity contribution < 1.29 is 9.18 Å². The molecule has 5 nitrogen and oxygen atoms in total. The topological polar surface area (TPSA) is 64.0 Å². The first kappa shape index (κ1) is 14.2. The van der Waals surface area contributed by atoms with Crippen LogP contribution in [0.25, 0.3) is 10.9 Å². The highest BCUT2D eigenvalue weighted by molar-refractivity contribution is 9.10. The van der Waals surface area contributed by atoms with Gasteiger partial charge in [0.25, 0.3) is 5.56 Å². The summed E-state index contributed by atoms with van der Waals surface area (Å²) < 4.78 is 15.2. The number of hydrogen-bond acceptors (Lipinski definition) is 3. The normalized spacial score (nSPS) is 10.2. The molecule has 0 saturated heterocycles. The Morgan fingerprint density at radius 1 is 1.55 bits per heavy atom. The predicted molar refractivity (Wildman–Crippen MR) is 75.5 cm³/mol. The van der Waals surface area contributed by atoms with Crippen LogP contribution in [-0.2, 0) is 11.3 Å². The van der Waals surface area contributed by atoms with E-state index >= 15 is 0 Å². The SMILES string of the molecule is C#CCNC(=O)Cn1cnc2c(F)cc(Br)cc2c1=O. The monoisotopic (exact) mass is 337 g/mol. The molecule has 1 aromatic heterocycles. The molecule has 20 heavy (non-hydrogen) atoms. The molecule has 1 amide bonds. The summed E-state index contributed by atoms with van der Waals surface area (Å²) in [6.07, 6.45) is 6.15. The van der Waals surface area contributed by atoms with Gasteiger partial charge >= 0.3 is 0 Å². The molecule has 0 bridgehead atoms. The second kappa shape index (κ2) is 5.84. The van der Waals surface area contributed by atoms with Gasteiger partial charge in [0.15, 0.2) is 5.82 Å². The van der Waals surface area contributed by atoms with Crippen LogP contribution in [0, 0.1) is 18.2 Å². The van der Waals surface area contributed by atoms with Crippen molar-refractivity contribution in [2.24, 2.45) is 0 Å². The van der Waals surface area contributed by atoms with Crippen molar-refractivity contribution in [1.29, 1.82) is 0 Å². The maximum Gasteiger partial charge on any atom is 0.261 e. The van der Waals surface area contributed by atoms with Gasteiger partial charge in [0, 0.05) is 4.47 Å². The third-order valence-corrected chi connectivity index (χ3v) is 3.01. The molecule has 7 heteroatoms. The van der Waals surface area contributed by atoms with Crippen molar-refractivity contribution in [3.63, 3.8) is 0 Å². The number of carbonyl (C=O) groups excluding carboxylic acids is 1. The van der Waals surface area contributed by atoms with Crippen molar-refractivity contribution in [1.82, 2.24) is 14.9 Å². The van der Waals surface area contributed by atoms with Crippen LogP contribution in [0.3, 0.4) is 0 Å². The summed E-state index contributed by atoms with van der Waals surface area (Å²) in [5.41, 5.74) is -0.524. The van der Waals surface area contributed by atoms with Crippen LogP contribution in [-0.4, -0.2) is 22.0 Å². The third-order valence-electron chi connectivity index (χ3n) is 2.55. The Morgan fingerprint density at radius 2 is 2.30 bits per heavy atom. The van der Waals surface area contributed by atoms with E-state index < -0.39 is 17.3 Å². The second-order valence-corrected chi connectivity index (χ2v) is 4.86. The van der Waals surface area contributed by atoms with Crippen LogP contribution < -0.4 is 10.9 Å². The van der Waals surface area contributed by atoms with Crippen LogP contribution in [0.2, 0.25) is 0 Å². The average Bonchev–Trinajstić information content (AvgIpc) is 2.40. The van der Waals surface area contributed by atoms with Gasteiger partial charge in [0.2, 0.25) is 5.91 Å². The number of nitrogens with one attached hydrogen (secondary N) is 1. The van der Waals surface area contributed by atoms with Gasteiger partial charge in [-0.1, -0.05) is 21.9 Å². The number of amides is 1. The lowest BCUT2D eigenvalue weighted by molar-refractivity contribution is -0.121. The van der Waals surface area contributed by atoms with Gasteiger partial charge in [0.05, 0.1) is 18.3 Å². The molecule has 0 aliphatic carbocycles. The molecule has 0 radical (unpaired) electrons. The molecule has 1 heterocycles. The highest BCUT2D eigenvalue weighted by Gasteiger charge is 2.11. The summed E-state index contributed by atoms with van der Waals surface area (Å²) >= 11 is 3.11. The van der Waals surface area contributed by atoms with Crippen molar-refractivity contribution >= 4 is 32.7 Å². The van der Waals surface area contributed by atoms with E-state index in [2.05, 4.69) is 32.2 Å². The smallest absolute Gasteiger partial charge is 0.261 e. The summed E-state index contributed by atoms with van der Waals surface area (Å²) in [7, 11) is 0. The first-order valence-electron chi connectivity index (χ1n) is 5.57. The van der Waals surface area contributed by atoms with Gasteiger partial charge in [-0.05, 0) is 12.1 Å². The molecule has 0 atom stereocenters. The fourth-order valence-electron chi connectivity index (χ4n) is 1.67. The van der Waals surface area contributed by atoms with Crippen molar-refractivity contribution in [2.45, 2.75) is 6.54 Å². The number of fused-ring (bicyclic) bond motifs is 1. The van der Waals surface area contributed by atoms with Gasteiger partial charge in [0.1, 0.15) is 12.1 Å². The van der Waals surface area contributed by atoms with Crippen molar-refractivity contribution in [3.8, 4) is 12.3 Å². The number of carbonyl (C=O) groups is 1. The third kappa shape index (κ3) is 2.86. The molecule has 0 fully saturated rings. The zero-order valence-electron chi connectivity index (χ0n) is 10.2. The second-order valence-electron chi connectivity index (χ2n) is 3.94. The molecule has 0 spiro atoms. The average molecular weight is 338 g/mol. The maximum absolute atomic E-state index is 13.6. The Labute approximate surface area is 121 Å². The minimum Gasteiger partial charge on any atom is -0.344 e. The van der Waals surface area contributed by atoms with Crippen LogP contribution in [0.15, 0.2) is 27.7 Å². The molecular formula is C13H9BrFN3O2. The first-order chi connectivity index (χ1) is 9.52. The maximum atomic E-state index is 13.6. The van der Waals surface area contributed by atoms with Gasteiger partial charge in [-0.3, -0.25) is 14.2 Å². The van der Waals surface area contributed by atoms with Gasteiger partial charge in [-0.25, -0.2) is 9.37 Å². The molecule has 1 aromatic carbocycles. The number of rotatable bonds is 3. The number of terminal acetylenes is 1. The van der Waals surface area contributed by atoms with Crippen LogP contribution in [0.1, 0.15) is 0 Å². The summed E-state index contributed by atoms with van der Waals surface area (Å²) in [6, 6.07) is 2.68. The van der Waals surface area contributed by atoms with E-state index in [1.807, 2.05) is 0 Å². The van der Waals surface area contributed by atoms with Gasteiger partial charge in [-0.15, -0.1) is 6.42 Å². The Morgan fingerprint density at radius 3 is 3.00 bits per heavy atom. The molecule has 0 unspecified atom stereocenters. The minimum absolute atomic E-state index is 0.0292. The lowest BCUT2D eigenvalue weighted by Crippen LogP contribution is -2.32. The van der Waals surface area contributed by atoms with Crippen LogP contribution in [0.4, 0.5) is 4.39 Å². The molecule has 0 aliphatic heterocycles. The Balaban J connectivity index is 2.42. The Hall–Kier alpha value is -2.20. The number of hydrogen-bond donors (Lipinski definition) is 1. The molecule has 2 aromatic rings. The van der Waals surface area contributed by atoms with Crippen LogP contribution >= 0.6 is 15.9 Å². The van der Waals surface area contributed by atoms with E-state index in [9.17, 15) is 14.0 Å². The van der Waals surface area contributed by atoms with E-state index in [-0.39, 0.29) is 24.0 Å².